The number of fused-ring (bicyclic) bond motifs is 1. The first kappa shape index (κ1) is 7.81. The van der Waals surface area contributed by atoms with Crippen LogP contribution in [0.1, 0.15) is 23.6 Å². The smallest absolute Gasteiger partial charge is 0.0719 e. The Bertz CT molecular complexity index is 278. The Balaban J connectivity index is 2.36. The molecule has 0 atom stereocenters. The van der Waals surface area contributed by atoms with Crippen molar-refractivity contribution in [1.82, 2.24) is 0 Å². The van der Waals surface area contributed by atoms with Crippen molar-refractivity contribution in [2.45, 2.75) is 26.4 Å². The summed E-state index contributed by atoms with van der Waals surface area (Å²) in [7, 11) is 0. The van der Waals surface area contributed by atoms with Crippen LogP contribution in [0.15, 0.2) is 18.2 Å². The maximum Gasteiger partial charge on any atom is 0.0719 e. The van der Waals surface area contributed by atoms with Crippen LogP contribution in [-0.4, -0.2) is 6.61 Å². The van der Waals surface area contributed by atoms with Gasteiger partial charge >= 0.3 is 0 Å². The molecule has 0 saturated carbocycles. The van der Waals surface area contributed by atoms with Gasteiger partial charge in [0.1, 0.15) is 0 Å². The van der Waals surface area contributed by atoms with E-state index in [4.69, 9.17) is 4.74 Å². The summed E-state index contributed by atoms with van der Waals surface area (Å²) in [5, 5.41) is 0. The van der Waals surface area contributed by atoms with Gasteiger partial charge in [0.05, 0.1) is 13.2 Å². The fraction of sp³-hybridized carbons (Fsp3) is 0.455. The van der Waals surface area contributed by atoms with E-state index in [-0.39, 0.29) is 0 Å². The van der Waals surface area contributed by atoms with Gasteiger partial charge in [-0.25, -0.2) is 0 Å². The standard InChI is InChI=1S/C11H14O/c1-2-9-3-4-10-5-6-12-8-11(10)7-9/h3-4,7H,2,5-6,8H2,1H3. The molecule has 1 aromatic rings. The summed E-state index contributed by atoms with van der Waals surface area (Å²) in [5.74, 6) is 0. The van der Waals surface area contributed by atoms with Crippen molar-refractivity contribution < 1.29 is 4.74 Å². The maximum atomic E-state index is 5.40. The Morgan fingerprint density at radius 2 is 2.25 bits per heavy atom. The van der Waals surface area contributed by atoms with Crippen LogP contribution in [0.4, 0.5) is 0 Å². The first-order chi connectivity index (χ1) is 5.90. The Morgan fingerprint density at radius 1 is 1.33 bits per heavy atom. The topological polar surface area (TPSA) is 9.23 Å². The molecule has 1 aliphatic rings. The van der Waals surface area contributed by atoms with E-state index in [2.05, 4.69) is 25.1 Å². The highest BCUT2D eigenvalue weighted by molar-refractivity contribution is 5.32. The second-order valence-electron chi connectivity index (χ2n) is 3.26. The third-order valence-electron chi connectivity index (χ3n) is 2.45. The number of benzene rings is 1. The van der Waals surface area contributed by atoms with Crippen molar-refractivity contribution in [2.24, 2.45) is 0 Å². The second kappa shape index (κ2) is 3.28. The summed E-state index contributed by atoms with van der Waals surface area (Å²) in [6.45, 7) is 3.88. The third kappa shape index (κ3) is 1.37. The number of hydrogen-bond donors (Lipinski definition) is 0. The van der Waals surface area contributed by atoms with Crippen molar-refractivity contribution in [1.29, 1.82) is 0 Å². The molecule has 0 saturated heterocycles. The fourth-order valence-corrected chi connectivity index (χ4v) is 1.64. The lowest BCUT2D eigenvalue weighted by Gasteiger charge is -2.16. The van der Waals surface area contributed by atoms with Crippen LogP contribution in [0.25, 0.3) is 0 Å². The van der Waals surface area contributed by atoms with Gasteiger partial charge in [0, 0.05) is 0 Å². The van der Waals surface area contributed by atoms with Crippen LogP contribution in [0.5, 0.6) is 0 Å². The van der Waals surface area contributed by atoms with E-state index in [1.165, 1.54) is 16.7 Å². The minimum absolute atomic E-state index is 0.809. The molecule has 1 nitrogen and oxygen atoms in total. The quantitative estimate of drug-likeness (QED) is 0.615. The lowest BCUT2D eigenvalue weighted by Crippen LogP contribution is -2.09. The predicted molar refractivity (Wildman–Crippen MR) is 49.2 cm³/mol. The average molecular weight is 162 g/mol. The van der Waals surface area contributed by atoms with Crippen molar-refractivity contribution in [3.05, 3.63) is 34.9 Å². The first-order valence-electron chi connectivity index (χ1n) is 4.58. The van der Waals surface area contributed by atoms with E-state index >= 15 is 0 Å². The molecule has 0 spiro atoms. The summed E-state index contributed by atoms with van der Waals surface area (Å²) in [6.07, 6.45) is 2.20. The van der Waals surface area contributed by atoms with Crippen LogP contribution < -0.4 is 0 Å². The van der Waals surface area contributed by atoms with Crippen LogP contribution in [0, 0.1) is 0 Å². The van der Waals surface area contributed by atoms with E-state index in [1.807, 2.05) is 0 Å². The van der Waals surface area contributed by atoms with E-state index in [0.717, 1.165) is 26.1 Å². The highest BCUT2D eigenvalue weighted by Crippen LogP contribution is 2.18. The zero-order valence-corrected chi connectivity index (χ0v) is 7.47. The molecule has 2 rings (SSSR count). The van der Waals surface area contributed by atoms with Crippen molar-refractivity contribution >= 4 is 0 Å². The van der Waals surface area contributed by atoms with Crippen LogP contribution >= 0.6 is 0 Å². The Morgan fingerprint density at radius 3 is 3.08 bits per heavy atom. The summed E-state index contributed by atoms with van der Waals surface area (Å²) >= 11 is 0. The van der Waals surface area contributed by atoms with Crippen molar-refractivity contribution in [3.8, 4) is 0 Å². The SMILES string of the molecule is CCc1ccc2c(c1)COCC2. The van der Waals surface area contributed by atoms with Gasteiger partial charge in [-0.15, -0.1) is 0 Å². The molecule has 0 radical (unpaired) electrons. The molecule has 0 aliphatic carbocycles. The molecular weight excluding hydrogens is 148 g/mol. The lowest BCUT2D eigenvalue weighted by atomic mass is 10.00. The molecule has 1 heteroatoms. The zero-order chi connectivity index (χ0) is 8.39. The Kier molecular flexibility index (Phi) is 2.13. The van der Waals surface area contributed by atoms with E-state index < -0.39 is 0 Å². The second-order valence-corrected chi connectivity index (χ2v) is 3.26. The molecule has 1 aromatic carbocycles. The predicted octanol–water partition coefficient (Wildman–Crippen LogP) is 2.32. The van der Waals surface area contributed by atoms with Crippen molar-refractivity contribution in [3.63, 3.8) is 0 Å². The van der Waals surface area contributed by atoms with Gasteiger partial charge in [-0.3, -0.25) is 0 Å². The molecule has 0 unspecified atom stereocenters. The van der Waals surface area contributed by atoms with Crippen LogP contribution in [0.3, 0.4) is 0 Å². The molecule has 0 amide bonds. The van der Waals surface area contributed by atoms with E-state index in [1.54, 1.807) is 0 Å². The van der Waals surface area contributed by atoms with Gasteiger partial charge < -0.3 is 4.74 Å². The number of aryl methyl sites for hydroxylation is 1. The molecule has 12 heavy (non-hydrogen) atoms. The third-order valence-corrected chi connectivity index (χ3v) is 2.45. The van der Waals surface area contributed by atoms with Gasteiger partial charge in [-0.05, 0) is 29.5 Å². The summed E-state index contributed by atoms with van der Waals surface area (Å²) < 4.78 is 5.40. The molecule has 1 heterocycles. The average Bonchev–Trinajstić information content (AvgIpc) is 2.17. The Labute approximate surface area is 73.4 Å². The summed E-state index contributed by atoms with van der Waals surface area (Å²) in [5.41, 5.74) is 4.28. The van der Waals surface area contributed by atoms with Gasteiger partial charge in [0.15, 0.2) is 0 Å². The molecule has 1 aliphatic heterocycles. The molecule has 0 N–H and O–H groups in total. The minimum atomic E-state index is 0.809. The van der Waals surface area contributed by atoms with E-state index in [0.29, 0.717) is 0 Å². The molecule has 0 aromatic heterocycles. The van der Waals surface area contributed by atoms with Crippen LogP contribution in [0.2, 0.25) is 0 Å². The highest BCUT2D eigenvalue weighted by Gasteiger charge is 2.08. The first-order valence-corrected chi connectivity index (χ1v) is 4.58. The van der Waals surface area contributed by atoms with Gasteiger partial charge in [-0.2, -0.15) is 0 Å². The minimum Gasteiger partial charge on any atom is -0.376 e. The van der Waals surface area contributed by atoms with Gasteiger partial charge in [0.2, 0.25) is 0 Å². The van der Waals surface area contributed by atoms with Gasteiger partial charge in [0.25, 0.3) is 0 Å². The number of hydrogen-bond acceptors (Lipinski definition) is 1. The lowest BCUT2D eigenvalue weighted by molar-refractivity contribution is 0.110. The van der Waals surface area contributed by atoms with Gasteiger partial charge in [-0.1, -0.05) is 25.1 Å². The molecule has 64 valence electrons. The van der Waals surface area contributed by atoms with Crippen molar-refractivity contribution in [2.75, 3.05) is 6.61 Å². The summed E-state index contributed by atoms with van der Waals surface area (Å²) in [4.78, 5) is 0. The Hall–Kier alpha value is -0.820. The fourth-order valence-electron chi connectivity index (χ4n) is 1.64. The van der Waals surface area contributed by atoms with Crippen LogP contribution in [-0.2, 0) is 24.2 Å². The number of ether oxygens (including phenoxy) is 1. The summed E-state index contributed by atoms with van der Waals surface area (Å²) in [6, 6.07) is 6.75. The highest BCUT2D eigenvalue weighted by atomic mass is 16.5. The zero-order valence-electron chi connectivity index (χ0n) is 7.47. The van der Waals surface area contributed by atoms with E-state index in [9.17, 15) is 0 Å². The maximum absolute atomic E-state index is 5.40. The molecule has 0 fully saturated rings. The number of rotatable bonds is 1. The molecule has 0 bridgehead atoms. The monoisotopic (exact) mass is 162 g/mol. The molecular formula is C11H14O. The normalized spacial score (nSPS) is 15.8. The largest absolute Gasteiger partial charge is 0.376 e.